The Kier molecular flexibility index (Phi) is 7.53. The van der Waals surface area contributed by atoms with E-state index in [1.54, 1.807) is 24.3 Å². The average Bonchev–Trinajstić information content (AvgIpc) is 2.46. The molecule has 1 unspecified atom stereocenters. The van der Waals surface area contributed by atoms with Crippen molar-refractivity contribution < 1.29 is 19.5 Å². The lowest BCUT2D eigenvalue weighted by molar-refractivity contribution is -0.142. The topological polar surface area (TPSA) is 108 Å². The Bertz CT molecular complexity index is 560. The number of hydrogen-bond acceptors (Lipinski definition) is 3. The van der Waals surface area contributed by atoms with E-state index < -0.39 is 23.9 Å². The van der Waals surface area contributed by atoms with Gasteiger partial charge in [-0.3, -0.25) is 4.79 Å². The number of amides is 3. The molecule has 0 aliphatic carbocycles. The lowest BCUT2D eigenvalue weighted by atomic mass is 10.0. The largest absolute Gasteiger partial charge is 0.480 e. The fourth-order valence-corrected chi connectivity index (χ4v) is 2.07. The molecule has 1 rings (SSSR count). The lowest BCUT2D eigenvalue weighted by Crippen LogP contribution is -2.46. The summed E-state index contributed by atoms with van der Waals surface area (Å²) in [6.45, 7) is 3.43. The molecule has 0 fully saturated rings. The third kappa shape index (κ3) is 7.64. The minimum absolute atomic E-state index is 0.130. The highest BCUT2D eigenvalue weighted by Gasteiger charge is 2.21. The Morgan fingerprint density at radius 3 is 2.30 bits per heavy atom. The summed E-state index contributed by atoms with van der Waals surface area (Å²) in [4.78, 5) is 34.4. The van der Waals surface area contributed by atoms with E-state index >= 15 is 0 Å². The van der Waals surface area contributed by atoms with Crippen LogP contribution in [0.4, 0.5) is 10.5 Å². The number of urea groups is 1. The van der Waals surface area contributed by atoms with E-state index in [1.807, 2.05) is 13.8 Å². The quantitative estimate of drug-likeness (QED) is 0.576. The molecule has 23 heavy (non-hydrogen) atoms. The Morgan fingerprint density at radius 2 is 1.78 bits per heavy atom. The Hall–Kier alpha value is -2.09. The maximum absolute atomic E-state index is 11.7. The highest BCUT2D eigenvalue weighted by Crippen LogP contribution is 2.13. The molecule has 0 saturated heterocycles. The minimum atomic E-state index is -1.09. The molecule has 1 atom stereocenters. The molecule has 0 aliphatic heterocycles. The van der Waals surface area contributed by atoms with Crippen LogP contribution in [-0.4, -0.2) is 35.6 Å². The summed E-state index contributed by atoms with van der Waals surface area (Å²) in [5, 5.41) is 16.4. The second-order valence-corrected chi connectivity index (χ2v) is 6.32. The van der Waals surface area contributed by atoms with Gasteiger partial charge in [0.15, 0.2) is 0 Å². The first-order chi connectivity index (χ1) is 10.8. The van der Waals surface area contributed by atoms with Crippen molar-refractivity contribution in [3.8, 4) is 0 Å². The van der Waals surface area contributed by atoms with Gasteiger partial charge in [-0.1, -0.05) is 29.8 Å². The van der Waals surface area contributed by atoms with Gasteiger partial charge in [-0.2, -0.15) is 0 Å². The molecule has 1 aromatic carbocycles. The van der Waals surface area contributed by atoms with Gasteiger partial charge >= 0.3 is 12.0 Å². The fourth-order valence-electron chi connectivity index (χ4n) is 1.81. The number of halogens is 1. The smallest absolute Gasteiger partial charge is 0.326 e. The van der Waals surface area contributed by atoms with E-state index in [4.69, 9.17) is 5.11 Å². The van der Waals surface area contributed by atoms with Gasteiger partial charge in [-0.25, -0.2) is 9.59 Å². The van der Waals surface area contributed by atoms with Crippen LogP contribution >= 0.6 is 15.9 Å². The predicted octanol–water partition coefficient (Wildman–Crippen LogP) is 2.19. The lowest BCUT2D eigenvalue weighted by Gasteiger charge is -2.16. The molecule has 126 valence electrons. The van der Waals surface area contributed by atoms with E-state index in [0.29, 0.717) is 12.1 Å². The van der Waals surface area contributed by atoms with Crippen molar-refractivity contribution in [3.63, 3.8) is 0 Å². The number of carbonyl (C=O) groups excluding carboxylic acids is 2. The highest BCUT2D eigenvalue weighted by atomic mass is 79.9. The van der Waals surface area contributed by atoms with Crippen LogP contribution in [0.15, 0.2) is 28.7 Å². The number of nitrogens with one attached hydrogen (secondary N) is 3. The van der Waals surface area contributed by atoms with E-state index in [0.717, 1.165) is 4.47 Å². The molecule has 0 aromatic heterocycles. The number of aliphatic carboxylic acids is 1. The second-order valence-electron chi connectivity index (χ2n) is 5.40. The third-order valence-electron chi connectivity index (χ3n) is 2.85. The molecule has 0 radical (unpaired) electrons. The Morgan fingerprint density at radius 1 is 1.17 bits per heavy atom. The maximum atomic E-state index is 11.7. The van der Waals surface area contributed by atoms with Crippen molar-refractivity contribution >= 4 is 39.5 Å². The normalized spacial score (nSPS) is 11.7. The summed E-state index contributed by atoms with van der Waals surface area (Å²) in [7, 11) is 0. The van der Waals surface area contributed by atoms with Crippen molar-refractivity contribution in [1.82, 2.24) is 10.6 Å². The van der Waals surface area contributed by atoms with Gasteiger partial charge in [0.05, 0.1) is 6.54 Å². The average molecular weight is 386 g/mol. The maximum Gasteiger partial charge on any atom is 0.326 e. The van der Waals surface area contributed by atoms with Crippen LogP contribution in [0.5, 0.6) is 0 Å². The molecule has 0 bridgehead atoms. The van der Waals surface area contributed by atoms with Crippen molar-refractivity contribution in [2.75, 3.05) is 11.9 Å². The third-order valence-corrected chi connectivity index (χ3v) is 3.38. The number of carboxylic acids is 1. The van der Waals surface area contributed by atoms with Gasteiger partial charge in [0.25, 0.3) is 0 Å². The van der Waals surface area contributed by atoms with Crippen molar-refractivity contribution in [2.24, 2.45) is 5.92 Å². The Balaban J connectivity index is 2.40. The number of hydrogen-bond donors (Lipinski definition) is 4. The molecule has 8 heteroatoms. The molecule has 0 heterocycles. The van der Waals surface area contributed by atoms with Crippen LogP contribution in [-0.2, 0) is 9.59 Å². The van der Waals surface area contributed by atoms with Crippen LogP contribution in [0.2, 0.25) is 0 Å². The van der Waals surface area contributed by atoms with E-state index in [1.165, 1.54) is 0 Å². The molecule has 4 N–H and O–H groups in total. The van der Waals surface area contributed by atoms with E-state index in [-0.39, 0.29) is 12.5 Å². The van der Waals surface area contributed by atoms with Crippen LogP contribution in [0.3, 0.4) is 0 Å². The van der Waals surface area contributed by atoms with Crippen molar-refractivity contribution in [3.05, 3.63) is 28.7 Å². The molecule has 0 saturated carbocycles. The van der Waals surface area contributed by atoms with Gasteiger partial charge < -0.3 is 21.1 Å². The molecule has 1 aromatic rings. The standard InChI is InChI=1S/C15H20BrN3O4/c1-9(2)7-12(14(21)22)19-13(20)8-17-15(23)18-11-5-3-10(16)4-6-11/h3-6,9,12H,7-8H2,1-2H3,(H,19,20)(H,21,22)(H2,17,18,23). The summed E-state index contributed by atoms with van der Waals surface area (Å²) in [5.74, 6) is -1.51. The summed E-state index contributed by atoms with van der Waals surface area (Å²) in [6.07, 6.45) is 0.326. The van der Waals surface area contributed by atoms with Crippen LogP contribution in [0, 0.1) is 5.92 Å². The first-order valence-electron chi connectivity index (χ1n) is 7.10. The van der Waals surface area contributed by atoms with Crippen LogP contribution in [0.25, 0.3) is 0 Å². The summed E-state index contributed by atoms with van der Waals surface area (Å²) < 4.78 is 0.882. The second kappa shape index (κ2) is 9.14. The molecular weight excluding hydrogens is 366 g/mol. The van der Waals surface area contributed by atoms with Gasteiger partial charge in [-0.15, -0.1) is 0 Å². The van der Waals surface area contributed by atoms with Crippen molar-refractivity contribution in [2.45, 2.75) is 26.3 Å². The first-order valence-corrected chi connectivity index (χ1v) is 7.89. The monoisotopic (exact) mass is 385 g/mol. The number of rotatable bonds is 7. The molecule has 7 nitrogen and oxygen atoms in total. The fraction of sp³-hybridized carbons (Fsp3) is 0.400. The zero-order chi connectivity index (χ0) is 17.4. The highest BCUT2D eigenvalue weighted by molar-refractivity contribution is 9.10. The molecular formula is C15H20BrN3O4. The zero-order valence-electron chi connectivity index (χ0n) is 12.9. The van der Waals surface area contributed by atoms with E-state index in [2.05, 4.69) is 31.9 Å². The van der Waals surface area contributed by atoms with E-state index in [9.17, 15) is 14.4 Å². The van der Waals surface area contributed by atoms with Gasteiger partial charge in [0, 0.05) is 10.2 Å². The van der Waals surface area contributed by atoms with Crippen molar-refractivity contribution in [1.29, 1.82) is 0 Å². The number of benzene rings is 1. The number of carboxylic acid groups (broad SMARTS) is 1. The van der Waals surface area contributed by atoms with Crippen LogP contribution in [0.1, 0.15) is 20.3 Å². The summed E-state index contributed by atoms with van der Waals surface area (Å²) in [5.41, 5.74) is 0.578. The first kappa shape index (κ1) is 19.0. The van der Waals surface area contributed by atoms with Gasteiger partial charge in [-0.05, 0) is 36.6 Å². The summed E-state index contributed by atoms with van der Waals surface area (Å²) >= 11 is 3.28. The Labute approximate surface area is 143 Å². The SMILES string of the molecule is CC(C)CC(NC(=O)CNC(=O)Nc1ccc(Br)cc1)C(=O)O. The van der Waals surface area contributed by atoms with Gasteiger partial charge in [0.1, 0.15) is 6.04 Å². The summed E-state index contributed by atoms with van der Waals surface area (Å²) in [6, 6.07) is 5.44. The predicted molar refractivity (Wildman–Crippen MR) is 90.2 cm³/mol. The number of carbonyl (C=O) groups is 3. The molecule has 0 spiro atoms. The zero-order valence-corrected chi connectivity index (χ0v) is 14.5. The van der Waals surface area contributed by atoms with Gasteiger partial charge in [0.2, 0.25) is 5.91 Å². The molecule has 0 aliphatic rings. The molecule has 3 amide bonds. The van der Waals surface area contributed by atoms with Crippen LogP contribution < -0.4 is 16.0 Å². The minimum Gasteiger partial charge on any atom is -0.480 e. The number of anilines is 1.